The average Bonchev–Trinajstić information content (AvgIpc) is 3.16. The zero-order valence-electron chi connectivity index (χ0n) is 16.2. The van der Waals surface area contributed by atoms with Gasteiger partial charge in [-0.2, -0.15) is 4.80 Å². The van der Waals surface area contributed by atoms with Crippen molar-refractivity contribution in [3.05, 3.63) is 65.7 Å². The lowest BCUT2D eigenvalue weighted by atomic mass is 10.0. The Labute approximate surface area is 166 Å². The van der Waals surface area contributed by atoms with Crippen LogP contribution in [0.25, 0.3) is 22.6 Å². The van der Waals surface area contributed by atoms with Gasteiger partial charge >= 0.3 is 0 Å². The van der Waals surface area contributed by atoms with Crippen molar-refractivity contribution in [3.63, 3.8) is 0 Å². The fourth-order valence-electron chi connectivity index (χ4n) is 2.85. The quantitative estimate of drug-likeness (QED) is 0.574. The van der Waals surface area contributed by atoms with Crippen LogP contribution in [0.3, 0.4) is 0 Å². The van der Waals surface area contributed by atoms with E-state index >= 15 is 0 Å². The van der Waals surface area contributed by atoms with Crippen LogP contribution in [0.15, 0.2) is 49.1 Å². The van der Waals surface area contributed by atoms with E-state index in [1.54, 1.807) is 25.5 Å². The highest BCUT2D eigenvalue weighted by atomic mass is 16.1. The maximum Gasteiger partial charge on any atom is 0.258 e. The molecule has 0 spiro atoms. The SMILES string of the molecule is Cc1ccncc1C(=O)Nc1cnc(-c2cc(-c3nnn(C)n3)ccc2C)cn1. The molecule has 3 aromatic heterocycles. The van der Waals surface area contributed by atoms with Crippen molar-refractivity contribution in [1.29, 1.82) is 0 Å². The molecule has 0 aliphatic rings. The minimum atomic E-state index is -0.274. The van der Waals surface area contributed by atoms with Crippen LogP contribution in [0.5, 0.6) is 0 Å². The first-order valence-corrected chi connectivity index (χ1v) is 8.90. The Bertz CT molecular complexity index is 1180. The van der Waals surface area contributed by atoms with E-state index in [2.05, 4.69) is 35.7 Å². The van der Waals surface area contributed by atoms with E-state index in [9.17, 15) is 4.79 Å². The summed E-state index contributed by atoms with van der Waals surface area (Å²) in [6, 6.07) is 7.65. The van der Waals surface area contributed by atoms with E-state index in [0.717, 1.165) is 22.3 Å². The zero-order valence-corrected chi connectivity index (χ0v) is 16.2. The number of hydrogen-bond donors (Lipinski definition) is 1. The van der Waals surface area contributed by atoms with E-state index in [0.29, 0.717) is 22.9 Å². The number of amides is 1. The Morgan fingerprint density at radius 2 is 1.90 bits per heavy atom. The average molecular weight is 386 g/mol. The van der Waals surface area contributed by atoms with Gasteiger partial charge in [-0.15, -0.1) is 10.2 Å². The first kappa shape index (κ1) is 18.4. The van der Waals surface area contributed by atoms with Gasteiger partial charge in [-0.1, -0.05) is 12.1 Å². The molecule has 0 fully saturated rings. The molecule has 9 heteroatoms. The second-order valence-electron chi connectivity index (χ2n) is 6.56. The molecule has 1 aromatic carbocycles. The van der Waals surface area contributed by atoms with Gasteiger partial charge in [0.15, 0.2) is 5.82 Å². The highest BCUT2D eigenvalue weighted by Gasteiger charge is 2.12. The molecular formula is C20H18N8O. The predicted molar refractivity (Wildman–Crippen MR) is 107 cm³/mol. The van der Waals surface area contributed by atoms with Crippen molar-refractivity contribution in [2.75, 3.05) is 5.32 Å². The van der Waals surface area contributed by atoms with Crippen LogP contribution in [0.2, 0.25) is 0 Å². The number of carbonyl (C=O) groups excluding carboxylic acids is 1. The van der Waals surface area contributed by atoms with Gasteiger partial charge in [0.25, 0.3) is 5.91 Å². The zero-order chi connectivity index (χ0) is 20.4. The lowest BCUT2D eigenvalue weighted by molar-refractivity contribution is 0.102. The largest absolute Gasteiger partial charge is 0.305 e. The number of rotatable bonds is 4. The molecule has 0 saturated heterocycles. The smallest absolute Gasteiger partial charge is 0.258 e. The van der Waals surface area contributed by atoms with Crippen LogP contribution >= 0.6 is 0 Å². The maximum atomic E-state index is 12.4. The van der Waals surface area contributed by atoms with Gasteiger partial charge in [0.1, 0.15) is 0 Å². The van der Waals surface area contributed by atoms with Crippen LogP contribution < -0.4 is 5.32 Å². The lowest BCUT2D eigenvalue weighted by Gasteiger charge is -2.09. The standard InChI is InChI=1S/C20H18N8O/c1-12-4-5-14(19-25-27-28(3)26-19)8-15(12)17-10-23-18(11-22-17)24-20(29)16-9-21-7-6-13(16)2/h4-11H,1-3H3,(H,23,24,29). The summed E-state index contributed by atoms with van der Waals surface area (Å²) < 4.78 is 0. The molecule has 0 aliphatic heterocycles. The molecule has 0 radical (unpaired) electrons. The van der Waals surface area contributed by atoms with E-state index in [1.807, 2.05) is 32.0 Å². The molecule has 0 bridgehead atoms. The van der Waals surface area contributed by atoms with Gasteiger partial charge in [0.05, 0.1) is 30.7 Å². The third-order valence-corrected chi connectivity index (χ3v) is 4.46. The number of pyridine rings is 1. The third-order valence-electron chi connectivity index (χ3n) is 4.46. The van der Waals surface area contributed by atoms with Gasteiger partial charge in [-0.3, -0.25) is 14.8 Å². The van der Waals surface area contributed by atoms with Crippen LogP contribution in [-0.4, -0.2) is 41.1 Å². The normalized spacial score (nSPS) is 10.7. The molecule has 29 heavy (non-hydrogen) atoms. The summed E-state index contributed by atoms with van der Waals surface area (Å²) in [5.74, 6) is 0.633. The summed E-state index contributed by atoms with van der Waals surface area (Å²) in [5, 5.41) is 14.9. The molecule has 3 heterocycles. The van der Waals surface area contributed by atoms with E-state index in [4.69, 9.17) is 0 Å². The molecule has 144 valence electrons. The number of aromatic nitrogens is 7. The Morgan fingerprint density at radius 1 is 1.03 bits per heavy atom. The Morgan fingerprint density at radius 3 is 2.59 bits per heavy atom. The number of anilines is 1. The summed E-state index contributed by atoms with van der Waals surface area (Å²) in [6.45, 7) is 3.85. The molecule has 1 N–H and O–H groups in total. The fraction of sp³-hybridized carbons (Fsp3) is 0.150. The van der Waals surface area contributed by atoms with Crippen LogP contribution in [0.4, 0.5) is 5.82 Å². The highest BCUT2D eigenvalue weighted by molar-refractivity contribution is 6.04. The molecule has 0 atom stereocenters. The van der Waals surface area contributed by atoms with E-state index in [1.165, 1.54) is 17.2 Å². The van der Waals surface area contributed by atoms with Crippen molar-refractivity contribution in [3.8, 4) is 22.6 Å². The van der Waals surface area contributed by atoms with Crippen LogP contribution in [0, 0.1) is 13.8 Å². The summed E-state index contributed by atoms with van der Waals surface area (Å²) in [6.07, 6.45) is 6.34. The first-order chi connectivity index (χ1) is 14.0. The molecule has 1 amide bonds. The van der Waals surface area contributed by atoms with Crippen LogP contribution in [0.1, 0.15) is 21.5 Å². The molecule has 4 aromatic rings. The molecular weight excluding hydrogens is 368 g/mol. The second kappa shape index (κ2) is 7.55. The number of benzene rings is 1. The predicted octanol–water partition coefficient (Wildman–Crippen LogP) is 2.60. The van der Waals surface area contributed by atoms with Gasteiger partial charge in [0.2, 0.25) is 5.82 Å². The number of hydrogen-bond acceptors (Lipinski definition) is 7. The highest BCUT2D eigenvalue weighted by Crippen LogP contribution is 2.26. The number of tetrazole rings is 1. The topological polar surface area (TPSA) is 111 Å². The number of aryl methyl sites for hydroxylation is 3. The molecule has 9 nitrogen and oxygen atoms in total. The van der Waals surface area contributed by atoms with E-state index < -0.39 is 0 Å². The molecule has 0 aliphatic carbocycles. The van der Waals surface area contributed by atoms with Crippen molar-refractivity contribution in [2.24, 2.45) is 7.05 Å². The molecule has 4 rings (SSSR count). The summed E-state index contributed by atoms with van der Waals surface area (Å²) >= 11 is 0. The number of carbonyl (C=O) groups is 1. The number of nitrogens with zero attached hydrogens (tertiary/aromatic N) is 7. The van der Waals surface area contributed by atoms with Gasteiger partial charge in [-0.05, 0) is 42.3 Å². The molecule has 0 unspecified atom stereocenters. The Balaban J connectivity index is 1.58. The van der Waals surface area contributed by atoms with Gasteiger partial charge in [-0.25, -0.2) is 4.98 Å². The lowest BCUT2D eigenvalue weighted by Crippen LogP contribution is -2.14. The van der Waals surface area contributed by atoms with Gasteiger partial charge < -0.3 is 5.32 Å². The fourth-order valence-corrected chi connectivity index (χ4v) is 2.85. The number of nitrogens with one attached hydrogen (secondary N) is 1. The van der Waals surface area contributed by atoms with Crippen molar-refractivity contribution in [2.45, 2.75) is 13.8 Å². The Hall–Kier alpha value is -4.01. The maximum absolute atomic E-state index is 12.4. The van der Waals surface area contributed by atoms with Crippen molar-refractivity contribution >= 4 is 11.7 Å². The van der Waals surface area contributed by atoms with Gasteiger partial charge in [0, 0.05) is 23.5 Å². The minimum absolute atomic E-state index is 0.274. The summed E-state index contributed by atoms with van der Waals surface area (Å²) in [7, 11) is 1.72. The van der Waals surface area contributed by atoms with Crippen LogP contribution in [-0.2, 0) is 7.05 Å². The minimum Gasteiger partial charge on any atom is -0.305 e. The monoisotopic (exact) mass is 386 g/mol. The summed E-state index contributed by atoms with van der Waals surface area (Å²) in [5.41, 5.74) is 4.80. The van der Waals surface area contributed by atoms with Crippen molar-refractivity contribution in [1.82, 2.24) is 35.2 Å². The summed E-state index contributed by atoms with van der Waals surface area (Å²) in [4.78, 5) is 26.6. The van der Waals surface area contributed by atoms with E-state index in [-0.39, 0.29) is 5.91 Å². The first-order valence-electron chi connectivity index (χ1n) is 8.90. The second-order valence-corrected chi connectivity index (χ2v) is 6.56. The molecule has 0 saturated carbocycles. The van der Waals surface area contributed by atoms with Crippen molar-refractivity contribution < 1.29 is 4.79 Å². The Kier molecular flexibility index (Phi) is 4.78. The third kappa shape index (κ3) is 3.84.